The number of nitrogens with zero attached hydrogens (tertiary/aromatic N) is 3. The first-order chi connectivity index (χ1) is 9.52. The summed E-state index contributed by atoms with van der Waals surface area (Å²) in [7, 11) is 1.84. The van der Waals surface area contributed by atoms with E-state index in [1.54, 1.807) is 12.4 Å². The number of nitrogens with one attached hydrogen (secondary N) is 1. The van der Waals surface area contributed by atoms with Gasteiger partial charge in [0.2, 0.25) is 0 Å². The lowest BCUT2D eigenvalue weighted by Crippen LogP contribution is -2.06. The Morgan fingerprint density at radius 3 is 2.50 bits per heavy atom. The molecule has 2 aromatic heterocycles. The third-order valence-corrected chi connectivity index (χ3v) is 3.12. The second kappa shape index (κ2) is 5.86. The second-order valence-electron chi connectivity index (χ2n) is 4.97. The van der Waals surface area contributed by atoms with Gasteiger partial charge in [0.05, 0.1) is 18.0 Å². The van der Waals surface area contributed by atoms with Gasteiger partial charge in [-0.25, -0.2) is 0 Å². The standard InChI is InChI=1S/C15H20N4O/c1-9(2)20-13-6-12(7-17-8-13)14-10(3)11(4)15(16-5)19-18-14/h6-9H,1-5H3,(H,16,19). The highest BCUT2D eigenvalue weighted by atomic mass is 16.5. The number of hydrogen-bond acceptors (Lipinski definition) is 5. The fraction of sp³-hybridized carbons (Fsp3) is 0.400. The minimum atomic E-state index is 0.118. The quantitative estimate of drug-likeness (QED) is 0.927. The predicted octanol–water partition coefficient (Wildman–Crippen LogP) is 2.98. The van der Waals surface area contributed by atoms with Gasteiger partial charge in [-0.05, 0) is 44.9 Å². The van der Waals surface area contributed by atoms with Crippen molar-refractivity contribution in [2.75, 3.05) is 12.4 Å². The van der Waals surface area contributed by atoms with Crippen LogP contribution in [0, 0.1) is 13.8 Å². The fourth-order valence-electron chi connectivity index (χ4n) is 2.00. The molecular formula is C15H20N4O. The zero-order valence-corrected chi connectivity index (χ0v) is 12.6. The van der Waals surface area contributed by atoms with Crippen LogP contribution >= 0.6 is 0 Å². The van der Waals surface area contributed by atoms with E-state index in [0.29, 0.717) is 0 Å². The Balaban J connectivity index is 2.44. The van der Waals surface area contributed by atoms with Crippen molar-refractivity contribution in [2.45, 2.75) is 33.8 Å². The van der Waals surface area contributed by atoms with Crippen molar-refractivity contribution in [3.63, 3.8) is 0 Å². The summed E-state index contributed by atoms with van der Waals surface area (Å²) in [5.41, 5.74) is 3.93. The molecule has 5 heteroatoms. The van der Waals surface area contributed by atoms with E-state index in [4.69, 9.17) is 4.74 Å². The van der Waals surface area contributed by atoms with Crippen LogP contribution in [0.4, 0.5) is 5.82 Å². The average molecular weight is 272 g/mol. The van der Waals surface area contributed by atoms with Crippen LogP contribution in [0.1, 0.15) is 25.0 Å². The van der Waals surface area contributed by atoms with E-state index in [1.807, 2.05) is 40.8 Å². The van der Waals surface area contributed by atoms with Crippen LogP contribution in [0.25, 0.3) is 11.3 Å². The molecule has 2 heterocycles. The maximum absolute atomic E-state index is 5.67. The van der Waals surface area contributed by atoms with Crippen molar-refractivity contribution in [3.8, 4) is 17.0 Å². The highest BCUT2D eigenvalue weighted by Crippen LogP contribution is 2.27. The molecular weight excluding hydrogens is 252 g/mol. The summed E-state index contributed by atoms with van der Waals surface area (Å²) < 4.78 is 5.67. The molecule has 0 spiro atoms. The normalized spacial score (nSPS) is 10.7. The van der Waals surface area contributed by atoms with E-state index in [1.165, 1.54) is 0 Å². The van der Waals surface area contributed by atoms with E-state index in [0.717, 1.165) is 34.0 Å². The number of aromatic nitrogens is 3. The lowest BCUT2D eigenvalue weighted by Gasteiger charge is -2.13. The van der Waals surface area contributed by atoms with Crippen LogP contribution in [0.5, 0.6) is 5.75 Å². The van der Waals surface area contributed by atoms with Gasteiger partial charge < -0.3 is 10.1 Å². The Morgan fingerprint density at radius 2 is 1.85 bits per heavy atom. The van der Waals surface area contributed by atoms with E-state index in [-0.39, 0.29) is 6.10 Å². The molecule has 0 unspecified atom stereocenters. The fourth-order valence-corrected chi connectivity index (χ4v) is 2.00. The molecule has 0 bridgehead atoms. The van der Waals surface area contributed by atoms with Crippen molar-refractivity contribution in [1.29, 1.82) is 0 Å². The molecule has 0 saturated heterocycles. The molecule has 0 aliphatic rings. The van der Waals surface area contributed by atoms with Gasteiger partial charge in [-0.1, -0.05) is 0 Å². The molecule has 0 fully saturated rings. The molecule has 2 aromatic rings. The largest absolute Gasteiger partial charge is 0.489 e. The first-order valence-electron chi connectivity index (χ1n) is 6.66. The summed E-state index contributed by atoms with van der Waals surface area (Å²) in [4.78, 5) is 4.22. The molecule has 0 atom stereocenters. The number of ether oxygens (including phenoxy) is 1. The average Bonchev–Trinajstić information content (AvgIpc) is 2.41. The number of anilines is 1. The molecule has 106 valence electrons. The monoisotopic (exact) mass is 272 g/mol. The van der Waals surface area contributed by atoms with Gasteiger partial charge in [-0.2, -0.15) is 0 Å². The molecule has 0 aliphatic heterocycles. The molecule has 0 aliphatic carbocycles. The maximum atomic E-state index is 5.67. The molecule has 0 saturated carbocycles. The Labute approximate surface area is 119 Å². The van der Waals surface area contributed by atoms with Crippen LogP contribution in [0.3, 0.4) is 0 Å². The Bertz CT molecular complexity index is 611. The molecule has 1 N–H and O–H groups in total. The van der Waals surface area contributed by atoms with Crippen LogP contribution in [0.2, 0.25) is 0 Å². The predicted molar refractivity (Wildman–Crippen MR) is 80.0 cm³/mol. The molecule has 0 aromatic carbocycles. The van der Waals surface area contributed by atoms with Gasteiger partial charge in [0.25, 0.3) is 0 Å². The maximum Gasteiger partial charge on any atom is 0.151 e. The van der Waals surface area contributed by atoms with Crippen molar-refractivity contribution in [1.82, 2.24) is 15.2 Å². The third-order valence-electron chi connectivity index (χ3n) is 3.12. The van der Waals surface area contributed by atoms with E-state index < -0.39 is 0 Å². The van der Waals surface area contributed by atoms with Gasteiger partial charge >= 0.3 is 0 Å². The first-order valence-corrected chi connectivity index (χ1v) is 6.66. The Hall–Kier alpha value is -2.17. The summed E-state index contributed by atoms with van der Waals surface area (Å²) in [6.45, 7) is 8.05. The molecule has 5 nitrogen and oxygen atoms in total. The highest BCUT2D eigenvalue weighted by Gasteiger charge is 2.12. The first kappa shape index (κ1) is 14.2. The molecule has 0 radical (unpaired) electrons. The lowest BCUT2D eigenvalue weighted by molar-refractivity contribution is 0.241. The van der Waals surface area contributed by atoms with Gasteiger partial charge in [0.15, 0.2) is 5.82 Å². The van der Waals surface area contributed by atoms with Crippen molar-refractivity contribution in [2.24, 2.45) is 0 Å². The lowest BCUT2D eigenvalue weighted by atomic mass is 10.1. The molecule has 0 amide bonds. The van der Waals surface area contributed by atoms with Crippen LogP contribution in [0.15, 0.2) is 18.5 Å². The smallest absolute Gasteiger partial charge is 0.151 e. The Morgan fingerprint density at radius 1 is 1.10 bits per heavy atom. The number of hydrogen-bond donors (Lipinski definition) is 1. The summed E-state index contributed by atoms with van der Waals surface area (Å²) in [6, 6.07) is 1.95. The van der Waals surface area contributed by atoms with Crippen molar-refractivity contribution >= 4 is 5.82 Å². The summed E-state index contributed by atoms with van der Waals surface area (Å²) >= 11 is 0. The minimum absolute atomic E-state index is 0.118. The Kier molecular flexibility index (Phi) is 4.17. The summed E-state index contributed by atoms with van der Waals surface area (Å²) in [6.07, 6.45) is 3.61. The minimum Gasteiger partial charge on any atom is -0.489 e. The van der Waals surface area contributed by atoms with Gasteiger partial charge in [-0.15, -0.1) is 10.2 Å². The summed E-state index contributed by atoms with van der Waals surface area (Å²) in [5.74, 6) is 1.54. The van der Waals surface area contributed by atoms with Gasteiger partial charge in [-0.3, -0.25) is 4.98 Å². The van der Waals surface area contributed by atoms with E-state index in [9.17, 15) is 0 Å². The van der Waals surface area contributed by atoms with E-state index in [2.05, 4.69) is 20.5 Å². The van der Waals surface area contributed by atoms with Crippen LogP contribution in [-0.4, -0.2) is 28.3 Å². The zero-order valence-electron chi connectivity index (χ0n) is 12.6. The SMILES string of the molecule is CNc1nnc(-c2cncc(OC(C)C)c2)c(C)c1C. The number of pyridine rings is 1. The third kappa shape index (κ3) is 2.87. The molecule has 20 heavy (non-hydrogen) atoms. The topological polar surface area (TPSA) is 59.9 Å². The zero-order chi connectivity index (χ0) is 14.7. The number of rotatable bonds is 4. The molecule has 2 rings (SSSR count). The van der Waals surface area contributed by atoms with Gasteiger partial charge in [0.1, 0.15) is 5.75 Å². The van der Waals surface area contributed by atoms with Gasteiger partial charge in [0, 0.05) is 18.8 Å². The van der Waals surface area contributed by atoms with Crippen molar-refractivity contribution in [3.05, 3.63) is 29.6 Å². The van der Waals surface area contributed by atoms with Crippen LogP contribution in [-0.2, 0) is 0 Å². The van der Waals surface area contributed by atoms with Crippen molar-refractivity contribution < 1.29 is 4.74 Å². The second-order valence-corrected chi connectivity index (χ2v) is 4.97. The summed E-state index contributed by atoms with van der Waals surface area (Å²) in [5, 5.41) is 11.5. The van der Waals surface area contributed by atoms with E-state index >= 15 is 0 Å². The van der Waals surface area contributed by atoms with Crippen LogP contribution < -0.4 is 10.1 Å². The highest BCUT2D eigenvalue weighted by molar-refractivity contribution is 5.66.